The molecule has 3 nitrogen and oxygen atoms in total. The smallest absolute Gasteiger partial charge is 0.305 e. The maximum atomic E-state index is 10.6. The molecule has 0 spiro atoms. The molecule has 1 atom stereocenters. The van der Waals surface area contributed by atoms with Crippen LogP contribution in [-0.4, -0.2) is 23.7 Å². The number of esters is 1. The Hall–Kier alpha value is -1.09. The maximum absolute atomic E-state index is 10.6. The lowest BCUT2D eigenvalue weighted by Crippen LogP contribution is -1.94. The van der Waals surface area contributed by atoms with Gasteiger partial charge in [-0.05, 0) is 0 Å². The van der Waals surface area contributed by atoms with E-state index in [4.69, 9.17) is 11.6 Å². The number of fused-ring (bicyclic) bond motifs is 1. The molecule has 0 radical (unpaired) electrons. The van der Waals surface area contributed by atoms with Gasteiger partial charge in [0.1, 0.15) is 0 Å². The van der Waals surface area contributed by atoms with Gasteiger partial charge in [-0.1, -0.05) is 25.2 Å². The van der Waals surface area contributed by atoms with Gasteiger partial charge in [0.25, 0.3) is 0 Å². The normalized spacial score (nSPS) is 25.9. The summed E-state index contributed by atoms with van der Waals surface area (Å²) in [6.45, 7) is 1.76. The van der Waals surface area contributed by atoms with E-state index >= 15 is 0 Å². The molecule has 0 N–H and O–H groups in total. The molecular formula is C10H11ClO3. The first-order valence-corrected chi connectivity index (χ1v) is 4.64. The van der Waals surface area contributed by atoms with Crippen LogP contribution in [0.3, 0.4) is 0 Å². The summed E-state index contributed by atoms with van der Waals surface area (Å²) in [6, 6.07) is 0. The van der Waals surface area contributed by atoms with Gasteiger partial charge < -0.3 is 4.74 Å². The van der Waals surface area contributed by atoms with Crippen molar-refractivity contribution >= 4 is 23.4 Å². The number of carbonyl (C=O) groups excluding carboxylic acids is 2. The summed E-state index contributed by atoms with van der Waals surface area (Å²) in [5.74, 6) is -0.0864. The van der Waals surface area contributed by atoms with Gasteiger partial charge in [0.2, 0.25) is 0 Å². The van der Waals surface area contributed by atoms with Crippen molar-refractivity contribution in [3.8, 4) is 0 Å². The van der Waals surface area contributed by atoms with Crippen molar-refractivity contribution in [3.05, 3.63) is 23.8 Å². The van der Waals surface area contributed by atoms with Crippen molar-refractivity contribution in [1.29, 1.82) is 0 Å². The van der Waals surface area contributed by atoms with Crippen LogP contribution in [0.1, 0.15) is 13.3 Å². The van der Waals surface area contributed by atoms with Crippen molar-refractivity contribution in [2.75, 3.05) is 7.11 Å². The molecule has 1 saturated carbocycles. The predicted octanol–water partition coefficient (Wildman–Crippen LogP) is 1.61. The number of halogens is 1. The van der Waals surface area contributed by atoms with Gasteiger partial charge in [0.15, 0.2) is 10.7 Å². The van der Waals surface area contributed by atoms with Crippen LogP contribution in [-0.2, 0) is 14.3 Å². The average Bonchev–Trinajstić information content (AvgIpc) is 2.57. The van der Waals surface area contributed by atoms with Gasteiger partial charge in [-0.2, -0.15) is 0 Å². The molecule has 1 unspecified atom stereocenters. The van der Waals surface area contributed by atoms with Crippen LogP contribution in [0.5, 0.6) is 0 Å². The first-order valence-electron chi connectivity index (χ1n) is 4.26. The van der Waals surface area contributed by atoms with Crippen molar-refractivity contribution < 1.29 is 14.3 Å². The molecule has 1 fully saturated rings. The number of ether oxygens (including phenoxy) is 1. The summed E-state index contributed by atoms with van der Waals surface area (Å²) in [5.41, 5.74) is 0.749. The van der Waals surface area contributed by atoms with E-state index in [0.29, 0.717) is 6.42 Å². The van der Waals surface area contributed by atoms with E-state index in [1.807, 2.05) is 6.08 Å². The lowest BCUT2D eigenvalue weighted by atomic mass is 10.4. The highest BCUT2D eigenvalue weighted by Gasteiger charge is 2.58. The fraction of sp³-hybridized carbons (Fsp3) is 0.400. The number of ketones is 1. The van der Waals surface area contributed by atoms with Crippen LogP contribution >= 0.6 is 11.6 Å². The Balaban J connectivity index is 0.000000149. The minimum absolute atomic E-state index is 0.0710. The molecular weight excluding hydrogens is 204 g/mol. The third-order valence-electron chi connectivity index (χ3n) is 2.01. The molecule has 0 aromatic carbocycles. The number of allylic oxidation sites excluding steroid dienone is 4. The second kappa shape index (κ2) is 3.96. The van der Waals surface area contributed by atoms with Crippen molar-refractivity contribution in [2.45, 2.75) is 18.2 Å². The molecule has 0 amide bonds. The Morgan fingerprint density at radius 3 is 2.43 bits per heavy atom. The van der Waals surface area contributed by atoms with E-state index in [2.05, 4.69) is 4.74 Å². The SMILES string of the molecule is CCC(=O)OC.O=C1C2=CC=CC12Cl. The zero-order valence-corrected chi connectivity index (χ0v) is 8.80. The molecule has 76 valence electrons. The zero-order valence-electron chi connectivity index (χ0n) is 8.04. The first kappa shape index (κ1) is 11.0. The molecule has 0 aromatic heterocycles. The number of rotatable bonds is 1. The van der Waals surface area contributed by atoms with Crippen molar-refractivity contribution in [1.82, 2.24) is 0 Å². The summed E-state index contributed by atoms with van der Waals surface area (Å²) in [5, 5.41) is 0. The van der Waals surface area contributed by atoms with Crippen LogP contribution in [0.15, 0.2) is 23.8 Å². The summed E-state index contributed by atoms with van der Waals surface area (Å²) in [4.78, 5) is 19.9. The number of hydrogen-bond donors (Lipinski definition) is 0. The summed E-state index contributed by atoms with van der Waals surface area (Å²) < 4.78 is 4.26. The standard InChI is InChI=1S/C6H3ClO.C4H8O2/c7-6-3-1-2-4(6)5(6)8;1-3-4(5)6-2/h1-3H;3H2,1-2H3. The van der Waals surface area contributed by atoms with E-state index in [1.165, 1.54) is 7.11 Å². The number of alkyl halides is 1. The molecule has 0 aromatic rings. The van der Waals surface area contributed by atoms with E-state index in [1.54, 1.807) is 19.1 Å². The third-order valence-corrected chi connectivity index (χ3v) is 2.51. The third kappa shape index (κ3) is 1.87. The Morgan fingerprint density at radius 2 is 2.29 bits per heavy atom. The van der Waals surface area contributed by atoms with Crippen LogP contribution in [0.2, 0.25) is 0 Å². The van der Waals surface area contributed by atoms with Gasteiger partial charge >= 0.3 is 5.97 Å². The predicted molar refractivity (Wildman–Crippen MR) is 53.1 cm³/mol. The number of carbonyl (C=O) groups is 2. The van der Waals surface area contributed by atoms with Crippen molar-refractivity contribution in [2.24, 2.45) is 0 Å². The highest BCUT2D eigenvalue weighted by Crippen LogP contribution is 2.48. The van der Waals surface area contributed by atoms with Crippen molar-refractivity contribution in [3.63, 3.8) is 0 Å². The molecule has 2 aliphatic rings. The minimum Gasteiger partial charge on any atom is -0.469 e. The van der Waals surface area contributed by atoms with Gasteiger partial charge in [0, 0.05) is 12.0 Å². The number of hydrogen-bond acceptors (Lipinski definition) is 3. The average molecular weight is 215 g/mol. The van der Waals surface area contributed by atoms with E-state index in [9.17, 15) is 9.59 Å². The topological polar surface area (TPSA) is 43.4 Å². The molecule has 2 rings (SSSR count). The van der Waals surface area contributed by atoms with E-state index in [0.717, 1.165) is 5.57 Å². The Labute approximate surface area is 87.4 Å². The molecule has 0 heterocycles. The van der Waals surface area contributed by atoms with E-state index in [-0.39, 0.29) is 11.8 Å². The Morgan fingerprint density at radius 1 is 1.64 bits per heavy atom. The summed E-state index contributed by atoms with van der Waals surface area (Å²) in [6.07, 6.45) is 5.75. The highest BCUT2D eigenvalue weighted by atomic mass is 35.5. The highest BCUT2D eigenvalue weighted by molar-refractivity contribution is 6.55. The van der Waals surface area contributed by atoms with E-state index < -0.39 is 4.87 Å². The minimum atomic E-state index is -0.667. The van der Waals surface area contributed by atoms with Crippen LogP contribution in [0.4, 0.5) is 0 Å². The lowest BCUT2D eigenvalue weighted by Gasteiger charge is -1.87. The second-order valence-electron chi connectivity index (χ2n) is 2.91. The van der Waals surface area contributed by atoms with Gasteiger partial charge in [0.05, 0.1) is 7.11 Å². The molecule has 0 saturated heterocycles. The van der Waals surface area contributed by atoms with Gasteiger partial charge in [-0.3, -0.25) is 9.59 Å². The van der Waals surface area contributed by atoms with Gasteiger partial charge in [-0.15, -0.1) is 11.6 Å². The molecule has 14 heavy (non-hydrogen) atoms. The van der Waals surface area contributed by atoms with Crippen LogP contribution in [0.25, 0.3) is 0 Å². The Bertz CT molecular complexity index is 324. The Kier molecular flexibility index (Phi) is 3.11. The summed E-state index contributed by atoms with van der Waals surface area (Å²) >= 11 is 5.69. The molecule has 2 aliphatic carbocycles. The largest absolute Gasteiger partial charge is 0.469 e. The zero-order chi connectivity index (χ0) is 10.8. The van der Waals surface area contributed by atoms with Gasteiger partial charge in [-0.25, -0.2) is 0 Å². The number of methoxy groups -OCH3 is 1. The molecule has 4 heteroatoms. The fourth-order valence-corrected chi connectivity index (χ4v) is 1.33. The lowest BCUT2D eigenvalue weighted by molar-refractivity contribution is -0.140. The van der Waals surface area contributed by atoms with Crippen LogP contribution in [0, 0.1) is 0 Å². The maximum Gasteiger partial charge on any atom is 0.305 e. The second-order valence-corrected chi connectivity index (χ2v) is 3.51. The molecule has 0 bridgehead atoms. The monoisotopic (exact) mass is 214 g/mol. The fourth-order valence-electron chi connectivity index (χ4n) is 1.05. The summed E-state index contributed by atoms with van der Waals surface area (Å²) in [7, 11) is 1.38. The number of Topliss-reactive ketones (excluding diaryl/α,β-unsaturated/α-hetero) is 1. The van der Waals surface area contributed by atoms with Crippen LogP contribution < -0.4 is 0 Å². The molecule has 0 aliphatic heterocycles. The first-order chi connectivity index (χ1) is 6.56. The quantitative estimate of drug-likeness (QED) is 0.492.